The van der Waals surface area contributed by atoms with Crippen molar-refractivity contribution in [1.82, 2.24) is 19.6 Å². The van der Waals surface area contributed by atoms with Gasteiger partial charge in [0.1, 0.15) is 0 Å². The molecule has 0 radical (unpaired) electrons. The number of rotatable bonds is 5. The van der Waals surface area contributed by atoms with Gasteiger partial charge >= 0.3 is 0 Å². The lowest BCUT2D eigenvalue weighted by Gasteiger charge is -2.28. The molecule has 2 saturated heterocycles. The molecule has 118 valence electrons. The summed E-state index contributed by atoms with van der Waals surface area (Å²) < 4.78 is 1.94. The molecular weight excluding hydrogens is 262 g/mol. The van der Waals surface area contributed by atoms with Crippen LogP contribution in [0.5, 0.6) is 0 Å². The minimum absolute atomic E-state index is 0.334. The summed E-state index contributed by atoms with van der Waals surface area (Å²) in [5.74, 6) is 0. The Kier molecular flexibility index (Phi) is 4.62. The van der Waals surface area contributed by atoms with Gasteiger partial charge in [-0.2, -0.15) is 5.10 Å². The third kappa shape index (κ3) is 3.00. The van der Waals surface area contributed by atoms with Gasteiger partial charge in [-0.15, -0.1) is 0 Å². The normalized spacial score (nSPS) is 25.8. The molecule has 5 nitrogen and oxygen atoms in total. The van der Waals surface area contributed by atoms with Crippen LogP contribution in [-0.2, 0) is 13.5 Å². The number of hydrogen-bond donors (Lipinski definition) is 1. The van der Waals surface area contributed by atoms with E-state index in [-0.39, 0.29) is 0 Å². The average Bonchev–Trinajstić information content (AvgIpc) is 3.19. The highest BCUT2D eigenvalue weighted by molar-refractivity contribution is 5.22. The van der Waals surface area contributed by atoms with Crippen LogP contribution in [-0.4, -0.2) is 58.3 Å². The molecule has 0 aliphatic carbocycles. The summed E-state index contributed by atoms with van der Waals surface area (Å²) in [6.07, 6.45) is 7.19. The quantitative estimate of drug-likeness (QED) is 0.884. The third-order valence-electron chi connectivity index (χ3n) is 5.15. The molecule has 0 spiro atoms. The van der Waals surface area contributed by atoms with Gasteiger partial charge < -0.3 is 5.73 Å². The molecule has 0 aromatic carbocycles. The molecule has 3 rings (SSSR count). The number of nitrogens with zero attached hydrogens (tertiary/aromatic N) is 4. The Morgan fingerprint density at radius 3 is 2.76 bits per heavy atom. The molecular formula is C16H29N5. The van der Waals surface area contributed by atoms with Crippen LogP contribution in [0.2, 0.25) is 0 Å². The van der Waals surface area contributed by atoms with E-state index in [1.165, 1.54) is 56.7 Å². The summed E-state index contributed by atoms with van der Waals surface area (Å²) in [6, 6.07) is 1.07. The maximum Gasteiger partial charge on any atom is 0.0670 e. The van der Waals surface area contributed by atoms with Crippen LogP contribution in [0.3, 0.4) is 0 Å². The lowest BCUT2D eigenvalue weighted by molar-refractivity contribution is 0.202. The molecule has 21 heavy (non-hydrogen) atoms. The van der Waals surface area contributed by atoms with Crippen LogP contribution in [0.1, 0.15) is 43.5 Å². The van der Waals surface area contributed by atoms with Crippen LogP contribution in [0.4, 0.5) is 0 Å². The second-order valence-electron chi connectivity index (χ2n) is 6.49. The van der Waals surface area contributed by atoms with Gasteiger partial charge in [0.25, 0.3) is 0 Å². The molecule has 1 aromatic rings. The van der Waals surface area contributed by atoms with Gasteiger partial charge in [-0.05, 0) is 38.8 Å². The van der Waals surface area contributed by atoms with Crippen molar-refractivity contribution in [3.63, 3.8) is 0 Å². The maximum atomic E-state index is 6.12. The molecule has 2 aliphatic heterocycles. The molecule has 3 heterocycles. The van der Waals surface area contributed by atoms with Crippen molar-refractivity contribution < 1.29 is 0 Å². The lowest BCUT2D eigenvalue weighted by Crippen LogP contribution is -2.38. The molecule has 2 atom stereocenters. The zero-order chi connectivity index (χ0) is 14.8. The summed E-state index contributed by atoms with van der Waals surface area (Å²) in [5, 5.41) is 4.59. The summed E-state index contributed by atoms with van der Waals surface area (Å²) in [6.45, 7) is 7.78. The predicted octanol–water partition coefficient (Wildman–Crippen LogP) is 1.15. The largest absolute Gasteiger partial charge is 0.329 e. The van der Waals surface area contributed by atoms with Gasteiger partial charge in [-0.3, -0.25) is 14.5 Å². The first-order chi connectivity index (χ1) is 10.2. The van der Waals surface area contributed by atoms with Gasteiger partial charge in [-0.25, -0.2) is 0 Å². The first-order valence-electron chi connectivity index (χ1n) is 8.43. The van der Waals surface area contributed by atoms with E-state index in [4.69, 9.17) is 5.73 Å². The predicted molar refractivity (Wildman–Crippen MR) is 85.2 cm³/mol. The Morgan fingerprint density at radius 2 is 2.10 bits per heavy atom. The Balaban J connectivity index is 1.71. The Labute approximate surface area is 128 Å². The van der Waals surface area contributed by atoms with E-state index in [2.05, 4.69) is 28.0 Å². The smallest absolute Gasteiger partial charge is 0.0670 e. The molecule has 2 fully saturated rings. The van der Waals surface area contributed by atoms with Crippen LogP contribution in [0, 0.1) is 0 Å². The fourth-order valence-corrected chi connectivity index (χ4v) is 4.03. The van der Waals surface area contributed by atoms with Gasteiger partial charge in [0.05, 0.1) is 11.7 Å². The van der Waals surface area contributed by atoms with Crippen molar-refractivity contribution in [2.24, 2.45) is 12.8 Å². The van der Waals surface area contributed by atoms with Gasteiger partial charge in [0.2, 0.25) is 0 Å². The standard InChI is InChI=1S/C16H29N5/c1-3-15-14(12-19(2)18-15)16(10-17)21-9-6-13(11-21)20-7-4-5-8-20/h12-13,16H,3-11,17H2,1-2H3. The van der Waals surface area contributed by atoms with E-state index < -0.39 is 0 Å². The van der Waals surface area contributed by atoms with Gasteiger partial charge in [0, 0.05) is 44.5 Å². The van der Waals surface area contributed by atoms with Gasteiger partial charge in [-0.1, -0.05) is 6.92 Å². The fourth-order valence-electron chi connectivity index (χ4n) is 4.03. The number of nitrogens with two attached hydrogens (primary N) is 1. The third-order valence-corrected chi connectivity index (χ3v) is 5.15. The number of aromatic nitrogens is 2. The summed E-state index contributed by atoms with van der Waals surface area (Å²) in [7, 11) is 2.01. The van der Waals surface area contributed by atoms with Crippen LogP contribution >= 0.6 is 0 Å². The SMILES string of the molecule is CCc1nn(C)cc1C(CN)N1CCC(N2CCCC2)C1. The Morgan fingerprint density at radius 1 is 1.33 bits per heavy atom. The zero-order valence-electron chi connectivity index (χ0n) is 13.5. The molecule has 2 unspecified atom stereocenters. The van der Waals surface area contributed by atoms with Crippen LogP contribution < -0.4 is 5.73 Å². The van der Waals surface area contributed by atoms with E-state index in [0.717, 1.165) is 12.5 Å². The Bertz CT molecular complexity index is 463. The van der Waals surface area contributed by atoms with E-state index in [1.54, 1.807) is 0 Å². The first kappa shape index (κ1) is 15.0. The molecule has 0 amide bonds. The topological polar surface area (TPSA) is 50.3 Å². The highest BCUT2D eigenvalue weighted by Crippen LogP contribution is 2.29. The van der Waals surface area contributed by atoms with Crippen LogP contribution in [0.15, 0.2) is 6.20 Å². The lowest BCUT2D eigenvalue weighted by atomic mass is 10.1. The molecule has 5 heteroatoms. The zero-order valence-corrected chi connectivity index (χ0v) is 13.5. The highest BCUT2D eigenvalue weighted by atomic mass is 15.3. The van der Waals surface area contributed by atoms with E-state index in [0.29, 0.717) is 12.6 Å². The Hall–Kier alpha value is -0.910. The maximum absolute atomic E-state index is 6.12. The van der Waals surface area contributed by atoms with Crippen molar-refractivity contribution in [3.8, 4) is 0 Å². The molecule has 0 bridgehead atoms. The minimum atomic E-state index is 0.334. The van der Waals surface area contributed by atoms with E-state index in [9.17, 15) is 0 Å². The van der Waals surface area contributed by atoms with E-state index in [1.807, 2.05) is 11.7 Å². The van der Waals surface area contributed by atoms with Crippen molar-refractivity contribution in [3.05, 3.63) is 17.5 Å². The first-order valence-corrected chi connectivity index (χ1v) is 8.43. The number of aryl methyl sites for hydroxylation is 2. The molecule has 1 aromatic heterocycles. The minimum Gasteiger partial charge on any atom is -0.329 e. The number of hydrogen-bond acceptors (Lipinski definition) is 4. The molecule has 0 saturated carbocycles. The highest BCUT2D eigenvalue weighted by Gasteiger charge is 2.33. The summed E-state index contributed by atoms with van der Waals surface area (Å²) in [4.78, 5) is 5.26. The fraction of sp³-hybridized carbons (Fsp3) is 0.812. The van der Waals surface area contributed by atoms with Crippen molar-refractivity contribution in [1.29, 1.82) is 0 Å². The van der Waals surface area contributed by atoms with Crippen molar-refractivity contribution >= 4 is 0 Å². The summed E-state index contributed by atoms with van der Waals surface area (Å²) >= 11 is 0. The van der Waals surface area contributed by atoms with Crippen LogP contribution in [0.25, 0.3) is 0 Å². The molecule has 2 N–H and O–H groups in total. The second-order valence-corrected chi connectivity index (χ2v) is 6.49. The van der Waals surface area contributed by atoms with E-state index >= 15 is 0 Å². The summed E-state index contributed by atoms with van der Waals surface area (Å²) in [5.41, 5.74) is 8.67. The molecule has 2 aliphatic rings. The van der Waals surface area contributed by atoms with Crippen molar-refractivity contribution in [2.75, 3.05) is 32.7 Å². The van der Waals surface area contributed by atoms with Crippen molar-refractivity contribution in [2.45, 2.75) is 44.7 Å². The number of likely N-dealkylation sites (tertiary alicyclic amines) is 2. The van der Waals surface area contributed by atoms with Gasteiger partial charge in [0.15, 0.2) is 0 Å². The second kappa shape index (κ2) is 6.46. The monoisotopic (exact) mass is 291 g/mol. The average molecular weight is 291 g/mol.